The van der Waals surface area contributed by atoms with Crippen molar-refractivity contribution in [2.75, 3.05) is 7.05 Å². The van der Waals surface area contributed by atoms with Gasteiger partial charge >= 0.3 is 0 Å². The summed E-state index contributed by atoms with van der Waals surface area (Å²) < 4.78 is 0. The summed E-state index contributed by atoms with van der Waals surface area (Å²) in [5, 5.41) is 1.00. The van der Waals surface area contributed by atoms with E-state index in [0.717, 1.165) is 10.9 Å². The molecular weight excluding hydrogens is 258 g/mol. The molecule has 1 heterocycles. The maximum atomic E-state index is 12.3. The highest BCUT2D eigenvalue weighted by molar-refractivity contribution is 7.80. The second-order valence-electron chi connectivity index (χ2n) is 4.38. The van der Waals surface area contributed by atoms with E-state index in [2.05, 4.69) is 4.98 Å². The topological polar surface area (TPSA) is 59.2 Å². The fourth-order valence-electron chi connectivity index (χ4n) is 1.73. The minimum absolute atomic E-state index is 0.189. The number of hydrogen-bond donors (Lipinski definition) is 1. The van der Waals surface area contributed by atoms with Gasteiger partial charge < -0.3 is 10.6 Å². The first-order chi connectivity index (χ1) is 9.00. The van der Waals surface area contributed by atoms with E-state index in [0.29, 0.717) is 5.69 Å². The number of nitrogens with zero attached hydrogens (tertiary/aromatic N) is 2. The van der Waals surface area contributed by atoms with Gasteiger partial charge in [0.05, 0.1) is 16.5 Å². The van der Waals surface area contributed by atoms with Crippen molar-refractivity contribution in [2.24, 2.45) is 5.73 Å². The van der Waals surface area contributed by atoms with Crippen molar-refractivity contribution in [2.45, 2.75) is 13.0 Å². The first-order valence-electron chi connectivity index (χ1n) is 5.93. The molecule has 0 saturated heterocycles. The number of carbonyl (C=O) groups excluding carboxylic acids is 1. The quantitative estimate of drug-likeness (QED) is 0.869. The number of thiocarbonyl (C=S) groups is 1. The van der Waals surface area contributed by atoms with Crippen LogP contribution in [0, 0.1) is 0 Å². The molecule has 1 unspecified atom stereocenters. The van der Waals surface area contributed by atoms with Gasteiger partial charge in [-0.15, -0.1) is 0 Å². The van der Waals surface area contributed by atoms with E-state index >= 15 is 0 Å². The summed E-state index contributed by atoms with van der Waals surface area (Å²) in [7, 11) is 1.67. The Morgan fingerprint density at radius 3 is 2.68 bits per heavy atom. The number of para-hydroxylation sites is 1. The number of nitrogens with two attached hydrogens (primary N) is 1. The molecule has 4 nitrogen and oxygen atoms in total. The Morgan fingerprint density at radius 2 is 2.00 bits per heavy atom. The molecule has 0 aliphatic carbocycles. The average Bonchev–Trinajstić information content (AvgIpc) is 2.44. The lowest BCUT2D eigenvalue weighted by atomic mass is 10.2. The van der Waals surface area contributed by atoms with Crippen LogP contribution < -0.4 is 5.73 Å². The first kappa shape index (κ1) is 13.4. The summed E-state index contributed by atoms with van der Waals surface area (Å²) in [4.78, 5) is 18.4. The predicted molar refractivity (Wildman–Crippen MR) is 80.1 cm³/mol. The van der Waals surface area contributed by atoms with Gasteiger partial charge in [0.2, 0.25) is 0 Å². The van der Waals surface area contributed by atoms with Crippen LogP contribution in [0.3, 0.4) is 0 Å². The van der Waals surface area contributed by atoms with E-state index in [1.165, 1.54) is 4.90 Å². The largest absolute Gasteiger partial charge is 0.392 e. The van der Waals surface area contributed by atoms with Crippen molar-refractivity contribution in [1.29, 1.82) is 0 Å². The number of rotatable bonds is 3. The third kappa shape index (κ3) is 2.71. The molecule has 1 aromatic carbocycles. The number of likely N-dealkylation sites (N-methyl/N-ethyl adjacent to an activating group) is 1. The third-order valence-corrected chi connectivity index (χ3v) is 3.47. The molecule has 5 heteroatoms. The molecule has 0 radical (unpaired) electrons. The van der Waals surface area contributed by atoms with Gasteiger partial charge in [0.1, 0.15) is 5.69 Å². The predicted octanol–water partition coefficient (Wildman–Crippen LogP) is 1.98. The number of aromatic nitrogens is 1. The van der Waals surface area contributed by atoms with Crippen LogP contribution in [0.15, 0.2) is 36.4 Å². The highest BCUT2D eigenvalue weighted by Crippen LogP contribution is 2.13. The van der Waals surface area contributed by atoms with Gasteiger partial charge in [0.15, 0.2) is 0 Å². The number of carbonyl (C=O) groups is 1. The lowest BCUT2D eigenvalue weighted by Crippen LogP contribution is -2.43. The van der Waals surface area contributed by atoms with Gasteiger partial charge in [-0.05, 0) is 19.1 Å². The fourth-order valence-corrected chi connectivity index (χ4v) is 1.89. The van der Waals surface area contributed by atoms with Crippen molar-refractivity contribution < 1.29 is 4.79 Å². The van der Waals surface area contributed by atoms with Crippen LogP contribution in [0.5, 0.6) is 0 Å². The van der Waals surface area contributed by atoms with Crippen molar-refractivity contribution in [3.8, 4) is 0 Å². The van der Waals surface area contributed by atoms with Crippen LogP contribution in [0.25, 0.3) is 10.9 Å². The minimum atomic E-state index is -0.296. The maximum absolute atomic E-state index is 12.3. The molecule has 1 aromatic heterocycles. The highest BCUT2D eigenvalue weighted by Gasteiger charge is 2.20. The molecule has 0 aliphatic rings. The van der Waals surface area contributed by atoms with Crippen molar-refractivity contribution in [3.63, 3.8) is 0 Å². The van der Waals surface area contributed by atoms with E-state index < -0.39 is 0 Å². The Hall–Kier alpha value is -2.01. The summed E-state index contributed by atoms with van der Waals surface area (Å²) >= 11 is 4.90. The van der Waals surface area contributed by atoms with Crippen LogP contribution in [0.1, 0.15) is 17.4 Å². The fraction of sp³-hybridized carbons (Fsp3) is 0.214. The Bertz CT molecular complexity index is 641. The third-order valence-electron chi connectivity index (χ3n) is 3.13. The second kappa shape index (κ2) is 5.32. The Morgan fingerprint density at radius 1 is 1.32 bits per heavy atom. The zero-order valence-corrected chi connectivity index (χ0v) is 11.6. The second-order valence-corrected chi connectivity index (χ2v) is 4.85. The van der Waals surface area contributed by atoms with Crippen molar-refractivity contribution in [3.05, 3.63) is 42.1 Å². The van der Waals surface area contributed by atoms with Crippen LogP contribution in [-0.2, 0) is 0 Å². The molecule has 1 amide bonds. The molecule has 19 heavy (non-hydrogen) atoms. The smallest absolute Gasteiger partial charge is 0.272 e. The summed E-state index contributed by atoms with van der Waals surface area (Å²) in [5.41, 5.74) is 6.75. The molecule has 0 saturated carbocycles. The molecule has 0 bridgehead atoms. The summed E-state index contributed by atoms with van der Waals surface area (Å²) in [6, 6.07) is 11.0. The maximum Gasteiger partial charge on any atom is 0.272 e. The molecule has 0 aliphatic heterocycles. The van der Waals surface area contributed by atoms with E-state index in [1.807, 2.05) is 30.3 Å². The molecule has 2 aromatic rings. The average molecular weight is 273 g/mol. The molecule has 0 spiro atoms. The van der Waals surface area contributed by atoms with E-state index in [-0.39, 0.29) is 16.9 Å². The van der Waals surface area contributed by atoms with Crippen LogP contribution in [0.4, 0.5) is 0 Å². The standard InChI is InChI=1S/C14H15N3OS/c1-9(13(15)19)17(2)14(18)12-8-7-10-5-3-4-6-11(10)16-12/h3-9H,1-2H3,(H2,15,19). The monoisotopic (exact) mass is 273 g/mol. The Labute approximate surface area is 117 Å². The van der Waals surface area contributed by atoms with Gasteiger partial charge in [-0.1, -0.05) is 36.5 Å². The zero-order valence-electron chi connectivity index (χ0n) is 10.8. The number of benzene rings is 1. The highest BCUT2D eigenvalue weighted by atomic mass is 32.1. The number of amides is 1. The lowest BCUT2D eigenvalue weighted by Gasteiger charge is -2.23. The number of hydrogen-bond acceptors (Lipinski definition) is 3. The molecule has 2 N–H and O–H groups in total. The molecule has 0 fully saturated rings. The van der Waals surface area contributed by atoms with Gasteiger partial charge in [0.25, 0.3) is 5.91 Å². The van der Waals surface area contributed by atoms with E-state index in [4.69, 9.17) is 18.0 Å². The van der Waals surface area contributed by atoms with Crippen LogP contribution in [0.2, 0.25) is 0 Å². The normalized spacial score (nSPS) is 12.1. The summed E-state index contributed by atoms with van der Waals surface area (Å²) in [6.07, 6.45) is 0. The molecule has 2 rings (SSSR count). The first-order valence-corrected chi connectivity index (χ1v) is 6.34. The van der Waals surface area contributed by atoms with E-state index in [1.54, 1.807) is 20.0 Å². The Balaban J connectivity index is 2.33. The number of fused-ring (bicyclic) bond motifs is 1. The van der Waals surface area contributed by atoms with Gasteiger partial charge in [-0.25, -0.2) is 4.98 Å². The van der Waals surface area contributed by atoms with Gasteiger partial charge in [0, 0.05) is 12.4 Å². The van der Waals surface area contributed by atoms with E-state index in [9.17, 15) is 4.79 Å². The SMILES string of the molecule is CC(C(N)=S)N(C)C(=O)c1ccc2ccccc2n1. The van der Waals surface area contributed by atoms with Gasteiger partial charge in [-0.2, -0.15) is 0 Å². The minimum Gasteiger partial charge on any atom is -0.392 e. The van der Waals surface area contributed by atoms with Crippen LogP contribution >= 0.6 is 12.2 Å². The zero-order chi connectivity index (χ0) is 14.0. The molecular formula is C14H15N3OS. The van der Waals surface area contributed by atoms with Crippen molar-refractivity contribution in [1.82, 2.24) is 9.88 Å². The summed E-state index contributed by atoms with van der Waals surface area (Å²) in [5.74, 6) is -0.189. The van der Waals surface area contributed by atoms with Crippen LogP contribution in [-0.4, -0.2) is 33.9 Å². The molecule has 98 valence electrons. The van der Waals surface area contributed by atoms with Gasteiger partial charge in [-0.3, -0.25) is 4.79 Å². The summed E-state index contributed by atoms with van der Waals surface area (Å²) in [6.45, 7) is 1.79. The lowest BCUT2D eigenvalue weighted by molar-refractivity contribution is 0.0773. The number of pyridine rings is 1. The Kier molecular flexibility index (Phi) is 3.76. The molecule has 1 atom stereocenters. The van der Waals surface area contributed by atoms with Crippen molar-refractivity contribution >= 4 is 34.0 Å².